The van der Waals surface area contributed by atoms with Crippen LogP contribution in [0.5, 0.6) is 17.2 Å². The van der Waals surface area contributed by atoms with Crippen LogP contribution in [0.4, 0.5) is 0 Å². The van der Waals surface area contributed by atoms with Crippen LogP contribution in [0.1, 0.15) is 22.8 Å². The lowest BCUT2D eigenvalue weighted by atomic mass is 10.1. The van der Waals surface area contributed by atoms with Gasteiger partial charge in [-0.1, -0.05) is 52.3 Å². The Morgan fingerprint density at radius 1 is 0.917 bits per heavy atom. The predicted octanol–water partition coefficient (Wildman–Crippen LogP) is 5.75. The van der Waals surface area contributed by atoms with Gasteiger partial charge in [0.1, 0.15) is 17.2 Å². The van der Waals surface area contributed by atoms with Gasteiger partial charge in [-0.2, -0.15) is 5.10 Å². The minimum absolute atomic E-state index is 0.205. The van der Waals surface area contributed by atoms with E-state index in [0.29, 0.717) is 35.0 Å². The van der Waals surface area contributed by atoms with E-state index in [1.807, 2.05) is 49.4 Å². The average Bonchev–Trinajstić information content (AvgIpc) is 2.89. The van der Waals surface area contributed by atoms with Gasteiger partial charge in [-0.3, -0.25) is 4.79 Å². The van der Waals surface area contributed by atoms with Gasteiger partial charge in [0.2, 0.25) is 0 Å². The fourth-order valence-electron chi connectivity index (χ4n) is 3.40. The SMILES string of the molecule is CCOc1ccc(C(=O)Oc2ccc(Br)cc2C=NNC(=O)COc2cccc3ccccc23)cc1. The third-order valence-electron chi connectivity index (χ3n) is 5.08. The van der Waals surface area contributed by atoms with Crippen LogP contribution in [0, 0.1) is 0 Å². The van der Waals surface area contributed by atoms with E-state index in [0.717, 1.165) is 15.2 Å². The second kappa shape index (κ2) is 12.0. The molecule has 0 spiro atoms. The van der Waals surface area contributed by atoms with E-state index in [-0.39, 0.29) is 6.61 Å². The first kappa shape index (κ1) is 24.9. The zero-order valence-corrected chi connectivity index (χ0v) is 21.0. The van der Waals surface area contributed by atoms with Crippen LogP contribution in [0.15, 0.2) is 94.5 Å². The van der Waals surface area contributed by atoms with Gasteiger partial charge in [0.15, 0.2) is 6.61 Å². The van der Waals surface area contributed by atoms with Crippen molar-refractivity contribution < 1.29 is 23.8 Å². The van der Waals surface area contributed by atoms with Crippen molar-refractivity contribution in [3.05, 3.63) is 101 Å². The molecule has 0 aliphatic rings. The number of hydrogen-bond acceptors (Lipinski definition) is 6. The molecule has 1 amide bonds. The molecule has 0 radical (unpaired) electrons. The molecule has 182 valence electrons. The lowest BCUT2D eigenvalue weighted by Gasteiger charge is -2.09. The number of rotatable bonds is 9. The molecule has 0 unspecified atom stereocenters. The van der Waals surface area contributed by atoms with Crippen molar-refractivity contribution in [2.45, 2.75) is 6.92 Å². The highest BCUT2D eigenvalue weighted by Gasteiger charge is 2.12. The molecule has 0 atom stereocenters. The molecule has 8 heteroatoms. The number of fused-ring (bicyclic) bond motifs is 1. The van der Waals surface area contributed by atoms with E-state index in [2.05, 4.69) is 26.5 Å². The monoisotopic (exact) mass is 546 g/mol. The minimum Gasteiger partial charge on any atom is -0.494 e. The summed E-state index contributed by atoms with van der Waals surface area (Å²) in [6.45, 7) is 2.22. The molecule has 0 saturated heterocycles. The lowest BCUT2D eigenvalue weighted by Crippen LogP contribution is -2.24. The average molecular weight is 547 g/mol. The molecule has 4 aromatic carbocycles. The van der Waals surface area contributed by atoms with Crippen LogP contribution in [0.25, 0.3) is 10.8 Å². The Hall–Kier alpha value is -4.17. The zero-order valence-electron chi connectivity index (χ0n) is 19.4. The van der Waals surface area contributed by atoms with Crippen molar-refractivity contribution in [3.8, 4) is 17.2 Å². The second-order valence-corrected chi connectivity index (χ2v) is 8.50. The molecular formula is C28H23BrN2O5. The van der Waals surface area contributed by atoms with E-state index in [9.17, 15) is 9.59 Å². The van der Waals surface area contributed by atoms with Crippen molar-refractivity contribution >= 4 is 44.8 Å². The number of ether oxygens (including phenoxy) is 3. The predicted molar refractivity (Wildman–Crippen MR) is 142 cm³/mol. The lowest BCUT2D eigenvalue weighted by molar-refractivity contribution is -0.123. The van der Waals surface area contributed by atoms with Crippen molar-refractivity contribution in [3.63, 3.8) is 0 Å². The molecule has 0 fully saturated rings. The molecule has 4 aromatic rings. The van der Waals surface area contributed by atoms with Crippen molar-refractivity contribution in [1.29, 1.82) is 0 Å². The molecule has 0 heterocycles. The number of carbonyl (C=O) groups is 2. The van der Waals surface area contributed by atoms with Crippen LogP contribution in [0.2, 0.25) is 0 Å². The van der Waals surface area contributed by atoms with Crippen LogP contribution in [-0.4, -0.2) is 31.3 Å². The number of nitrogens with zero attached hydrogens (tertiary/aromatic N) is 1. The maximum absolute atomic E-state index is 12.6. The number of hydrogen-bond donors (Lipinski definition) is 1. The van der Waals surface area contributed by atoms with Gasteiger partial charge in [0.05, 0.1) is 18.4 Å². The molecule has 0 aliphatic carbocycles. The molecule has 1 N–H and O–H groups in total. The third kappa shape index (κ3) is 6.49. The molecule has 0 aliphatic heterocycles. The number of amides is 1. The highest BCUT2D eigenvalue weighted by Crippen LogP contribution is 2.25. The first-order chi connectivity index (χ1) is 17.5. The highest BCUT2D eigenvalue weighted by molar-refractivity contribution is 9.10. The number of benzene rings is 4. The first-order valence-electron chi connectivity index (χ1n) is 11.2. The Bertz CT molecular complexity index is 1400. The maximum atomic E-state index is 12.6. The van der Waals surface area contributed by atoms with Gasteiger partial charge in [-0.25, -0.2) is 10.2 Å². The Morgan fingerprint density at radius 3 is 2.50 bits per heavy atom. The van der Waals surface area contributed by atoms with E-state index in [1.165, 1.54) is 6.21 Å². The molecule has 36 heavy (non-hydrogen) atoms. The number of halogens is 1. The van der Waals surface area contributed by atoms with Gasteiger partial charge < -0.3 is 14.2 Å². The van der Waals surface area contributed by atoms with Crippen molar-refractivity contribution in [2.24, 2.45) is 5.10 Å². The van der Waals surface area contributed by atoms with Crippen molar-refractivity contribution in [2.75, 3.05) is 13.2 Å². The third-order valence-corrected chi connectivity index (χ3v) is 5.57. The summed E-state index contributed by atoms with van der Waals surface area (Å²) < 4.78 is 17.4. The smallest absolute Gasteiger partial charge is 0.343 e. The quantitative estimate of drug-likeness (QED) is 0.125. The summed E-state index contributed by atoms with van der Waals surface area (Å²) >= 11 is 3.40. The summed E-state index contributed by atoms with van der Waals surface area (Å²) in [6.07, 6.45) is 1.40. The summed E-state index contributed by atoms with van der Waals surface area (Å²) in [7, 11) is 0. The number of carbonyl (C=O) groups excluding carboxylic acids is 2. The second-order valence-electron chi connectivity index (χ2n) is 7.59. The molecule has 0 saturated carbocycles. The number of hydrazone groups is 1. The van der Waals surface area contributed by atoms with Gasteiger partial charge >= 0.3 is 5.97 Å². The number of nitrogens with one attached hydrogen (secondary N) is 1. The zero-order chi connectivity index (χ0) is 25.3. The fraction of sp³-hybridized carbons (Fsp3) is 0.107. The van der Waals surface area contributed by atoms with Crippen LogP contribution >= 0.6 is 15.9 Å². The van der Waals surface area contributed by atoms with E-state index >= 15 is 0 Å². The molecule has 7 nitrogen and oxygen atoms in total. The Balaban J connectivity index is 1.38. The Morgan fingerprint density at radius 2 is 1.69 bits per heavy atom. The van der Waals surface area contributed by atoms with Gasteiger partial charge in [0, 0.05) is 15.4 Å². The summed E-state index contributed by atoms with van der Waals surface area (Å²) in [5.41, 5.74) is 3.31. The molecule has 0 aromatic heterocycles. The van der Waals surface area contributed by atoms with E-state index in [4.69, 9.17) is 14.2 Å². The van der Waals surface area contributed by atoms with Gasteiger partial charge in [-0.05, 0) is 60.8 Å². The van der Waals surface area contributed by atoms with Gasteiger partial charge in [0.25, 0.3) is 5.91 Å². The molecular weight excluding hydrogens is 524 g/mol. The summed E-state index contributed by atoms with van der Waals surface area (Å²) in [5.74, 6) is 0.625. The van der Waals surface area contributed by atoms with Crippen LogP contribution in [-0.2, 0) is 4.79 Å². The Labute approximate surface area is 216 Å². The number of esters is 1. The van der Waals surface area contributed by atoms with Crippen LogP contribution < -0.4 is 19.6 Å². The minimum atomic E-state index is -0.525. The van der Waals surface area contributed by atoms with Crippen LogP contribution in [0.3, 0.4) is 0 Å². The summed E-state index contributed by atoms with van der Waals surface area (Å²) in [5, 5.41) is 5.94. The largest absolute Gasteiger partial charge is 0.494 e. The van der Waals surface area contributed by atoms with Crippen molar-refractivity contribution in [1.82, 2.24) is 5.43 Å². The standard InChI is InChI=1S/C28H23BrN2O5/c1-2-34-23-13-10-20(11-14-23)28(33)36-25-15-12-22(29)16-21(25)17-30-31-27(32)18-35-26-9-5-7-19-6-3-4-8-24(19)26/h3-17H,2,18H2,1H3,(H,31,32). The summed E-state index contributed by atoms with van der Waals surface area (Å²) in [4.78, 5) is 24.9. The molecule has 0 bridgehead atoms. The van der Waals surface area contributed by atoms with E-state index in [1.54, 1.807) is 42.5 Å². The normalized spacial score (nSPS) is 10.8. The highest BCUT2D eigenvalue weighted by atomic mass is 79.9. The van der Waals surface area contributed by atoms with E-state index < -0.39 is 11.9 Å². The Kier molecular flexibility index (Phi) is 8.31. The first-order valence-corrected chi connectivity index (χ1v) is 12.0. The topological polar surface area (TPSA) is 86.2 Å². The molecule has 4 rings (SSSR count). The maximum Gasteiger partial charge on any atom is 0.343 e. The fourth-order valence-corrected chi connectivity index (χ4v) is 3.78. The van der Waals surface area contributed by atoms with Gasteiger partial charge in [-0.15, -0.1) is 0 Å². The summed E-state index contributed by atoms with van der Waals surface area (Å²) in [6, 6.07) is 25.2.